The first-order valence-electron chi connectivity index (χ1n) is 5.22. The summed E-state index contributed by atoms with van der Waals surface area (Å²) in [5, 5.41) is 8.32. The van der Waals surface area contributed by atoms with Crippen LogP contribution in [0.4, 0.5) is 0 Å². The minimum atomic E-state index is -0.150. The van der Waals surface area contributed by atoms with Crippen molar-refractivity contribution in [1.29, 1.82) is 0 Å². The van der Waals surface area contributed by atoms with Crippen molar-refractivity contribution in [3.05, 3.63) is 40.7 Å². The number of aromatic amines is 1. The van der Waals surface area contributed by atoms with Crippen molar-refractivity contribution in [2.24, 2.45) is 7.05 Å². The zero-order valence-electron chi connectivity index (χ0n) is 9.51. The molecule has 0 atom stereocenters. The summed E-state index contributed by atoms with van der Waals surface area (Å²) in [5.74, 6) is 0. The Morgan fingerprint density at radius 3 is 2.88 bits per heavy atom. The van der Waals surface area contributed by atoms with Gasteiger partial charge in [0.15, 0.2) is 0 Å². The van der Waals surface area contributed by atoms with Gasteiger partial charge in [-0.15, -0.1) is 0 Å². The number of rotatable bonds is 1. The highest BCUT2D eigenvalue weighted by Crippen LogP contribution is 2.18. The Bertz CT molecular complexity index is 749. The van der Waals surface area contributed by atoms with Crippen LogP contribution in [0.1, 0.15) is 5.69 Å². The van der Waals surface area contributed by atoms with E-state index in [9.17, 15) is 4.79 Å². The van der Waals surface area contributed by atoms with Gasteiger partial charge in [-0.1, -0.05) is 0 Å². The molecule has 0 saturated heterocycles. The highest BCUT2D eigenvalue weighted by Gasteiger charge is 2.09. The molecule has 0 fully saturated rings. The molecule has 0 aromatic carbocycles. The third-order valence-corrected chi connectivity index (χ3v) is 2.71. The van der Waals surface area contributed by atoms with Crippen molar-refractivity contribution in [3.63, 3.8) is 0 Å². The molecule has 17 heavy (non-hydrogen) atoms. The van der Waals surface area contributed by atoms with Gasteiger partial charge in [0.25, 0.3) is 5.56 Å². The molecule has 0 bridgehead atoms. The molecule has 3 rings (SSSR count). The predicted molar refractivity (Wildman–Crippen MR) is 62.8 cm³/mol. The van der Waals surface area contributed by atoms with Crippen LogP contribution in [0.3, 0.4) is 0 Å². The molecule has 0 unspecified atom stereocenters. The molecular weight excluding hydrogens is 218 g/mol. The van der Waals surface area contributed by atoms with Gasteiger partial charge in [0.2, 0.25) is 0 Å². The van der Waals surface area contributed by atoms with E-state index in [1.807, 2.05) is 20.2 Å². The van der Waals surface area contributed by atoms with Crippen molar-refractivity contribution in [1.82, 2.24) is 24.4 Å². The molecule has 0 aliphatic rings. The first-order valence-corrected chi connectivity index (χ1v) is 5.22. The van der Waals surface area contributed by atoms with Crippen molar-refractivity contribution in [2.45, 2.75) is 6.92 Å². The van der Waals surface area contributed by atoms with Crippen LogP contribution in [-0.4, -0.2) is 24.4 Å². The van der Waals surface area contributed by atoms with Gasteiger partial charge in [0.05, 0.1) is 23.8 Å². The number of nitrogens with one attached hydrogen (secondary N) is 1. The van der Waals surface area contributed by atoms with E-state index >= 15 is 0 Å². The van der Waals surface area contributed by atoms with Crippen LogP contribution < -0.4 is 5.56 Å². The number of hydrogen-bond donors (Lipinski definition) is 1. The molecule has 1 N–H and O–H groups in total. The molecule has 86 valence electrons. The Morgan fingerprint density at radius 2 is 2.18 bits per heavy atom. The fraction of sp³-hybridized carbons (Fsp3) is 0.182. The first-order chi connectivity index (χ1) is 8.15. The number of H-pyrrole nitrogens is 1. The molecule has 3 aromatic heterocycles. The average Bonchev–Trinajstić information content (AvgIpc) is 2.84. The molecule has 0 radical (unpaired) electrons. The number of fused-ring (bicyclic) bond motifs is 1. The second-order valence-electron chi connectivity index (χ2n) is 3.96. The van der Waals surface area contributed by atoms with E-state index < -0.39 is 0 Å². The summed E-state index contributed by atoms with van der Waals surface area (Å²) >= 11 is 0. The zero-order chi connectivity index (χ0) is 12.0. The summed E-state index contributed by atoms with van der Waals surface area (Å²) in [6.07, 6.45) is 5.27. The molecule has 0 amide bonds. The SMILES string of the molecule is Cc1nn(C)cc1-c1cn2nccc2c(=O)[nH]1. The number of aromatic nitrogens is 5. The standard InChI is InChI=1S/C11H11N5O/c1-7-8(5-15(2)14-7)9-6-16-10(3-4-12-16)11(17)13-9/h3-6H,1-2H3,(H,13,17). The summed E-state index contributed by atoms with van der Waals surface area (Å²) in [7, 11) is 1.85. The number of aryl methyl sites for hydroxylation is 2. The number of hydrogen-bond acceptors (Lipinski definition) is 3. The van der Waals surface area contributed by atoms with Crippen LogP contribution in [0.2, 0.25) is 0 Å². The lowest BCUT2D eigenvalue weighted by atomic mass is 10.2. The van der Waals surface area contributed by atoms with Crippen molar-refractivity contribution >= 4 is 5.52 Å². The van der Waals surface area contributed by atoms with Crippen LogP contribution in [-0.2, 0) is 7.05 Å². The van der Waals surface area contributed by atoms with E-state index in [-0.39, 0.29) is 5.56 Å². The van der Waals surface area contributed by atoms with Crippen LogP contribution in [0.5, 0.6) is 0 Å². The van der Waals surface area contributed by atoms with Crippen LogP contribution in [0.25, 0.3) is 16.8 Å². The lowest BCUT2D eigenvalue weighted by molar-refractivity contribution is 0.756. The van der Waals surface area contributed by atoms with Crippen LogP contribution >= 0.6 is 0 Å². The van der Waals surface area contributed by atoms with Gasteiger partial charge in [-0.25, -0.2) is 4.52 Å². The van der Waals surface area contributed by atoms with E-state index in [0.717, 1.165) is 17.0 Å². The fourth-order valence-electron chi connectivity index (χ4n) is 1.94. The van der Waals surface area contributed by atoms with E-state index in [0.29, 0.717) is 5.52 Å². The second kappa shape index (κ2) is 3.31. The van der Waals surface area contributed by atoms with Crippen molar-refractivity contribution in [3.8, 4) is 11.3 Å². The molecule has 0 aliphatic carbocycles. The predicted octanol–water partition coefficient (Wildman–Crippen LogP) is 0.732. The van der Waals surface area contributed by atoms with Crippen LogP contribution in [0, 0.1) is 6.92 Å². The summed E-state index contributed by atoms with van der Waals surface area (Å²) in [6.45, 7) is 1.90. The zero-order valence-corrected chi connectivity index (χ0v) is 9.51. The van der Waals surface area contributed by atoms with Crippen molar-refractivity contribution < 1.29 is 0 Å². The Labute approximate surface area is 96.5 Å². The van der Waals surface area contributed by atoms with Gasteiger partial charge in [-0.2, -0.15) is 10.2 Å². The molecule has 0 spiro atoms. The van der Waals surface area contributed by atoms with Gasteiger partial charge in [0.1, 0.15) is 5.52 Å². The van der Waals surface area contributed by atoms with Gasteiger partial charge in [-0.3, -0.25) is 9.48 Å². The summed E-state index contributed by atoms with van der Waals surface area (Å²) < 4.78 is 3.29. The molecular formula is C11H11N5O. The monoisotopic (exact) mass is 229 g/mol. The summed E-state index contributed by atoms with van der Waals surface area (Å²) in [6, 6.07) is 1.68. The molecule has 0 aliphatic heterocycles. The van der Waals surface area contributed by atoms with Gasteiger partial charge >= 0.3 is 0 Å². The van der Waals surface area contributed by atoms with E-state index in [4.69, 9.17) is 0 Å². The van der Waals surface area contributed by atoms with Crippen LogP contribution in [0.15, 0.2) is 29.5 Å². The topological polar surface area (TPSA) is 68.0 Å². The maximum atomic E-state index is 11.8. The average molecular weight is 229 g/mol. The summed E-state index contributed by atoms with van der Waals surface area (Å²) in [5.41, 5.74) is 2.88. The maximum Gasteiger partial charge on any atom is 0.274 e. The lowest BCUT2D eigenvalue weighted by Gasteiger charge is -2.00. The largest absolute Gasteiger partial charge is 0.319 e. The highest BCUT2D eigenvalue weighted by atomic mass is 16.1. The minimum absolute atomic E-state index is 0.150. The smallest absolute Gasteiger partial charge is 0.274 e. The van der Waals surface area contributed by atoms with E-state index in [1.54, 1.807) is 27.7 Å². The van der Waals surface area contributed by atoms with Gasteiger partial charge in [0, 0.05) is 18.8 Å². The third kappa shape index (κ3) is 1.45. The maximum absolute atomic E-state index is 11.8. The lowest BCUT2D eigenvalue weighted by Crippen LogP contribution is -2.10. The quantitative estimate of drug-likeness (QED) is 0.669. The van der Waals surface area contributed by atoms with Crippen molar-refractivity contribution in [2.75, 3.05) is 0 Å². The first kappa shape index (κ1) is 9.83. The molecule has 6 nitrogen and oxygen atoms in total. The molecule has 3 aromatic rings. The molecule has 6 heteroatoms. The van der Waals surface area contributed by atoms with Gasteiger partial charge < -0.3 is 4.98 Å². The molecule has 3 heterocycles. The Kier molecular flexibility index (Phi) is 1.91. The highest BCUT2D eigenvalue weighted by molar-refractivity contribution is 5.61. The Balaban J connectivity index is 2.31. The fourth-order valence-corrected chi connectivity index (χ4v) is 1.94. The van der Waals surface area contributed by atoms with E-state index in [1.165, 1.54) is 0 Å². The second-order valence-corrected chi connectivity index (χ2v) is 3.96. The normalized spacial score (nSPS) is 11.2. The van der Waals surface area contributed by atoms with Gasteiger partial charge in [-0.05, 0) is 13.0 Å². The number of nitrogens with zero attached hydrogens (tertiary/aromatic N) is 4. The molecule has 0 saturated carbocycles. The Morgan fingerprint density at radius 1 is 1.35 bits per heavy atom. The summed E-state index contributed by atoms with van der Waals surface area (Å²) in [4.78, 5) is 14.6. The van der Waals surface area contributed by atoms with E-state index in [2.05, 4.69) is 15.2 Å². The third-order valence-electron chi connectivity index (χ3n) is 2.71. The minimum Gasteiger partial charge on any atom is -0.319 e. The Hall–Kier alpha value is -2.37.